The number of hydrogen-bond donors (Lipinski definition) is 1. The maximum atomic E-state index is 13.4. The number of aromatic nitrogens is 4. The number of nitrogens with zero attached hydrogens (tertiary/aromatic N) is 4. The molecular weight excluding hydrogens is 368 g/mol. The smallest absolute Gasteiger partial charge is 0.408 e. The van der Waals surface area contributed by atoms with Crippen LogP contribution in [-0.4, -0.2) is 19.7 Å². The van der Waals surface area contributed by atoms with E-state index in [0.29, 0.717) is 22.4 Å². The average molecular weight is 383 g/mol. The Labute approximate surface area is 157 Å². The number of halogens is 2. The molecule has 2 heterocycles. The van der Waals surface area contributed by atoms with Gasteiger partial charge in [-0.05, 0) is 42.8 Å². The van der Waals surface area contributed by atoms with Gasteiger partial charge in [0, 0.05) is 12.6 Å². The summed E-state index contributed by atoms with van der Waals surface area (Å²) in [5, 5.41) is 11.2. The van der Waals surface area contributed by atoms with Crippen molar-refractivity contribution in [2.75, 3.05) is 5.32 Å². The summed E-state index contributed by atoms with van der Waals surface area (Å²) >= 11 is 0. The van der Waals surface area contributed by atoms with Crippen molar-refractivity contribution in [1.29, 1.82) is 0 Å². The third kappa shape index (κ3) is 3.22. The highest BCUT2D eigenvalue weighted by Crippen LogP contribution is 2.23. The summed E-state index contributed by atoms with van der Waals surface area (Å²) < 4.78 is 33.0. The van der Waals surface area contributed by atoms with E-state index >= 15 is 0 Å². The largest absolute Gasteiger partial charge is 0.419 e. The van der Waals surface area contributed by atoms with Crippen molar-refractivity contribution in [3.05, 3.63) is 70.3 Å². The van der Waals surface area contributed by atoms with Crippen LogP contribution in [0.2, 0.25) is 0 Å². The quantitative estimate of drug-likeness (QED) is 0.581. The van der Waals surface area contributed by atoms with E-state index in [0.717, 1.165) is 17.7 Å². The van der Waals surface area contributed by atoms with Crippen molar-refractivity contribution in [3.8, 4) is 11.3 Å². The second-order valence-corrected chi connectivity index (χ2v) is 6.32. The fraction of sp³-hybridized carbons (Fsp3) is 0.158. The first kappa shape index (κ1) is 17.8. The van der Waals surface area contributed by atoms with Crippen LogP contribution < -0.4 is 11.1 Å². The number of hydrogen-bond acceptors (Lipinski definition) is 6. The van der Waals surface area contributed by atoms with E-state index in [-0.39, 0.29) is 12.0 Å². The number of nitrogens with one attached hydrogen (secondary N) is 1. The van der Waals surface area contributed by atoms with E-state index < -0.39 is 17.4 Å². The number of rotatable bonds is 4. The van der Waals surface area contributed by atoms with Gasteiger partial charge in [0.15, 0.2) is 17.2 Å². The Morgan fingerprint density at radius 1 is 1.11 bits per heavy atom. The van der Waals surface area contributed by atoms with Crippen molar-refractivity contribution in [3.63, 3.8) is 0 Å². The lowest BCUT2D eigenvalue weighted by Gasteiger charge is -2.14. The van der Waals surface area contributed by atoms with Gasteiger partial charge in [0.1, 0.15) is 5.69 Å². The Morgan fingerprint density at radius 3 is 2.64 bits per heavy atom. The van der Waals surface area contributed by atoms with E-state index in [1.807, 2.05) is 0 Å². The molecule has 28 heavy (non-hydrogen) atoms. The predicted molar refractivity (Wildman–Crippen MR) is 98.7 cm³/mol. The summed E-state index contributed by atoms with van der Waals surface area (Å²) in [5.41, 5.74) is 2.91. The molecule has 2 aromatic carbocycles. The van der Waals surface area contributed by atoms with E-state index in [1.165, 1.54) is 16.8 Å². The third-order valence-corrected chi connectivity index (χ3v) is 4.44. The van der Waals surface area contributed by atoms with Gasteiger partial charge in [-0.2, -0.15) is 0 Å². The minimum Gasteiger partial charge on any atom is -0.408 e. The molecule has 0 unspecified atom stereocenters. The zero-order valence-electron chi connectivity index (χ0n) is 15.0. The molecule has 0 spiro atoms. The second kappa shape index (κ2) is 6.84. The number of benzene rings is 2. The topological polar surface area (TPSA) is 85.8 Å². The van der Waals surface area contributed by atoms with E-state index in [9.17, 15) is 13.6 Å². The van der Waals surface area contributed by atoms with Crippen molar-refractivity contribution >= 4 is 17.0 Å². The molecule has 0 radical (unpaired) electrons. The lowest BCUT2D eigenvalue weighted by Crippen LogP contribution is -2.10. The van der Waals surface area contributed by atoms with Crippen LogP contribution in [0.3, 0.4) is 0 Å². The zero-order chi connectivity index (χ0) is 19.8. The van der Waals surface area contributed by atoms with Gasteiger partial charge in [0.25, 0.3) is 0 Å². The molecule has 1 N–H and O–H groups in total. The van der Waals surface area contributed by atoms with Gasteiger partial charge in [-0.1, -0.05) is 6.07 Å². The predicted octanol–water partition coefficient (Wildman–Crippen LogP) is 3.43. The Bertz CT molecular complexity index is 1220. The maximum Gasteiger partial charge on any atom is 0.419 e. The van der Waals surface area contributed by atoms with E-state index in [4.69, 9.17) is 4.42 Å². The van der Waals surface area contributed by atoms with Crippen molar-refractivity contribution in [2.24, 2.45) is 7.05 Å². The Balaban J connectivity index is 1.56. The molecule has 0 saturated carbocycles. The van der Waals surface area contributed by atoms with Crippen LogP contribution in [0.25, 0.3) is 22.4 Å². The number of fused-ring (bicyclic) bond motifs is 1. The molecule has 7 nitrogen and oxygen atoms in total. The highest BCUT2D eigenvalue weighted by molar-refractivity contribution is 5.79. The molecule has 142 valence electrons. The molecule has 4 aromatic rings. The standard InChI is InChI=1S/C19H15F2N5O2/c1-10(11-3-5-13(20)14(21)7-11)23-18-22-9-15(24-25-18)12-4-6-17-16(8-12)26(2)19(27)28-17/h3-10H,1-2H3,(H,22,23,25)/t10-/m1/s1. The number of anilines is 1. The van der Waals surface area contributed by atoms with E-state index in [1.54, 1.807) is 32.2 Å². The molecule has 9 heteroatoms. The molecule has 0 aliphatic rings. The second-order valence-electron chi connectivity index (χ2n) is 6.32. The van der Waals surface area contributed by atoms with Gasteiger partial charge >= 0.3 is 5.76 Å². The van der Waals surface area contributed by atoms with Crippen molar-refractivity contribution in [2.45, 2.75) is 13.0 Å². The molecule has 0 amide bonds. The molecule has 0 fully saturated rings. The van der Waals surface area contributed by atoms with Crippen LogP contribution in [-0.2, 0) is 7.05 Å². The van der Waals surface area contributed by atoms with Gasteiger partial charge in [0.05, 0.1) is 17.8 Å². The Morgan fingerprint density at radius 2 is 1.93 bits per heavy atom. The first-order valence-electron chi connectivity index (χ1n) is 8.43. The molecule has 0 aliphatic heterocycles. The highest BCUT2D eigenvalue weighted by atomic mass is 19.2. The molecule has 2 aromatic heterocycles. The normalized spacial score (nSPS) is 12.3. The SMILES string of the molecule is C[C@@H](Nc1ncc(-c2ccc3oc(=O)n(C)c3c2)nn1)c1ccc(F)c(F)c1. The van der Waals surface area contributed by atoms with Crippen LogP contribution in [0.1, 0.15) is 18.5 Å². The molecule has 0 saturated heterocycles. The fourth-order valence-electron chi connectivity index (χ4n) is 2.82. The highest BCUT2D eigenvalue weighted by Gasteiger charge is 2.12. The Hall–Kier alpha value is -3.62. The van der Waals surface area contributed by atoms with Crippen LogP contribution >= 0.6 is 0 Å². The van der Waals surface area contributed by atoms with Crippen LogP contribution in [0, 0.1) is 11.6 Å². The third-order valence-electron chi connectivity index (χ3n) is 4.44. The number of oxazole rings is 1. The molecule has 0 bridgehead atoms. The van der Waals surface area contributed by atoms with Gasteiger partial charge < -0.3 is 9.73 Å². The van der Waals surface area contributed by atoms with Gasteiger partial charge in [-0.15, -0.1) is 10.2 Å². The monoisotopic (exact) mass is 383 g/mol. The summed E-state index contributed by atoms with van der Waals surface area (Å²) in [6, 6.07) is 8.55. The van der Waals surface area contributed by atoms with Crippen LogP contribution in [0.4, 0.5) is 14.7 Å². The van der Waals surface area contributed by atoms with Crippen LogP contribution in [0.15, 0.2) is 51.8 Å². The lowest BCUT2D eigenvalue weighted by molar-refractivity contribution is 0.506. The molecule has 0 aliphatic carbocycles. The van der Waals surface area contributed by atoms with Gasteiger partial charge in [-0.25, -0.2) is 18.6 Å². The zero-order valence-corrected chi connectivity index (χ0v) is 15.0. The first-order chi connectivity index (χ1) is 13.4. The number of aryl methyl sites for hydroxylation is 1. The minimum atomic E-state index is -0.912. The van der Waals surface area contributed by atoms with Crippen LogP contribution in [0.5, 0.6) is 0 Å². The molecule has 1 atom stereocenters. The van der Waals surface area contributed by atoms with Gasteiger partial charge in [0.2, 0.25) is 5.95 Å². The summed E-state index contributed by atoms with van der Waals surface area (Å²) in [6.45, 7) is 1.78. The molecule has 4 rings (SSSR count). The summed E-state index contributed by atoms with van der Waals surface area (Å²) in [7, 11) is 1.62. The molecular formula is C19H15F2N5O2. The van der Waals surface area contributed by atoms with E-state index in [2.05, 4.69) is 20.5 Å². The maximum absolute atomic E-state index is 13.4. The summed E-state index contributed by atoms with van der Waals surface area (Å²) in [4.78, 5) is 15.8. The van der Waals surface area contributed by atoms with Crippen molar-refractivity contribution < 1.29 is 13.2 Å². The van der Waals surface area contributed by atoms with Gasteiger partial charge in [-0.3, -0.25) is 4.57 Å². The summed E-state index contributed by atoms with van der Waals surface area (Å²) in [5.74, 6) is -2.00. The lowest BCUT2D eigenvalue weighted by atomic mass is 10.1. The van der Waals surface area contributed by atoms with Crippen molar-refractivity contribution in [1.82, 2.24) is 19.7 Å². The fourth-order valence-corrected chi connectivity index (χ4v) is 2.82. The minimum absolute atomic E-state index is 0.248. The summed E-state index contributed by atoms with van der Waals surface area (Å²) in [6.07, 6.45) is 1.53. The average Bonchev–Trinajstić information content (AvgIpc) is 2.98. The first-order valence-corrected chi connectivity index (χ1v) is 8.43. The Kier molecular flexibility index (Phi) is 4.34.